The van der Waals surface area contributed by atoms with E-state index in [1.165, 1.54) is 0 Å². The molecule has 0 aromatic heterocycles. The van der Waals surface area contributed by atoms with E-state index in [0.717, 1.165) is 11.8 Å². The zero-order chi connectivity index (χ0) is 8.97. The van der Waals surface area contributed by atoms with Gasteiger partial charge in [-0.15, -0.1) is 0 Å². The first-order valence-electron chi connectivity index (χ1n) is 3.94. The predicted molar refractivity (Wildman–Crippen MR) is 46.6 cm³/mol. The van der Waals surface area contributed by atoms with Gasteiger partial charge in [-0.1, -0.05) is 37.3 Å². The molecule has 0 unspecified atom stereocenters. The maximum atomic E-state index is 10.4. The van der Waals surface area contributed by atoms with E-state index in [9.17, 15) is 9.90 Å². The van der Waals surface area contributed by atoms with Crippen molar-refractivity contribution in [2.75, 3.05) is 0 Å². The molecule has 0 bridgehead atoms. The molecule has 0 heterocycles. The normalized spacial score (nSPS) is 15.2. The second-order valence-electron chi connectivity index (χ2n) is 2.85. The van der Waals surface area contributed by atoms with E-state index in [0.29, 0.717) is 0 Å². The van der Waals surface area contributed by atoms with Gasteiger partial charge in [-0.2, -0.15) is 0 Å². The summed E-state index contributed by atoms with van der Waals surface area (Å²) >= 11 is 0. The number of hydrogen-bond donors (Lipinski definition) is 1. The van der Waals surface area contributed by atoms with Crippen LogP contribution in [0.15, 0.2) is 30.3 Å². The summed E-state index contributed by atoms with van der Waals surface area (Å²) in [7, 11) is 0. The fourth-order valence-electron chi connectivity index (χ4n) is 1.03. The van der Waals surface area contributed by atoms with E-state index in [4.69, 9.17) is 0 Å². The van der Waals surface area contributed by atoms with Crippen molar-refractivity contribution in [2.45, 2.75) is 13.0 Å². The molecule has 0 saturated heterocycles. The van der Waals surface area contributed by atoms with Crippen LogP contribution in [0.4, 0.5) is 0 Å². The minimum atomic E-state index is -0.677. The first-order chi connectivity index (χ1) is 5.75. The highest BCUT2D eigenvalue weighted by molar-refractivity contribution is 5.54. The Hall–Kier alpha value is -1.15. The van der Waals surface area contributed by atoms with Crippen LogP contribution in [-0.2, 0) is 4.79 Å². The van der Waals surface area contributed by atoms with E-state index in [1.54, 1.807) is 6.92 Å². The highest BCUT2D eigenvalue weighted by atomic mass is 16.3. The molecule has 0 aliphatic carbocycles. The zero-order valence-electron chi connectivity index (χ0n) is 6.97. The summed E-state index contributed by atoms with van der Waals surface area (Å²) in [6.07, 6.45) is 0.0844. The first kappa shape index (κ1) is 8.94. The Morgan fingerprint density at radius 1 is 1.33 bits per heavy atom. The lowest BCUT2D eigenvalue weighted by molar-refractivity contribution is -0.113. The lowest BCUT2D eigenvalue weighted by atomic mass is 9.99. The third-order valence-electron chi connectivity index (χ3n) is 1.85. The van der Waals surface area contributed by atoms with Gasteiger partial charge in [0.1, 0.15) is 6.29 Å². The summed E-state index contributed by atoms with van der Waals surface area (Å²) in [6.45, 7) is 1.70. The summed E-state index contributed by atoms with van der Waals surface area (Å²) in [5.74, 6) is -0.340. The number of aliphatic hydroxyl groups is 1. The molecule has 0 radical (unpaired) electrons. The summed E-state index contributed by atoms with van der Waals surface area (Å²) < 4.78 is 0. The Kier molecular flexibility index (Phi) is 3.00. The highest BCUT2D eigenvalue weighted by Gasteiger charge is 2.14. The number of rotatable bonds is 3. The third kappa shape index (κ3) is 1.92. The lowest BCUT2D eigenvalue weighted by Crippen LogP contribution is -2.09. The monoisotopic (exact) mass is 164 g/mol. The average Bonchev–Trinajstić information content (AvgIpc) is 2.17. The molecule has 64 valence electrons. The first-order valence-corrected chi connectivity index (χ1v) is 3.94. The molecule has 0 spiro atoms. The summed E-state index contributed by atoms with van der Waals surface area (Å²) in [5.41, 5.74) is 0.789. The van der Waals surface area contributed by atoms with Gasteiger partial charge in [0, 0.05) is 5.92 Å². The Morgan fingerprint density at radius 3 is 2.42 bits per heavy atom. The molecule has 1 N–H and O–H groups in total. The number of aliphatic hydroxyl groups excluding tert-OH is 1. The molecule has 1 aromatic carbocycles. The van der Waals surface area contributed by atoms with Crippen molar-refractivity contribution in [3.05, 3.63) is 35.9 Å². The quantitative estimate of drug-likeness (QED) is 0.688. The largest absolute Gasteiger partial charge is 0.388 e. The zero-order valence-corrected chi connectivity index (χ0v) is 6.97. The Bertz CT molecular complexity index is 243. The van der Waals surface area contributed by atoms with Gasteiger partial charge in [-0.3, -0.25) is 0 Å². The van der Waals surface area contributed by atoms with Gasteiger partial charge in [0.2, 0.25) is 0 Å². The van der Waals surface area contributed by atoms with Crippen LogP contribution in [0.25, 0.3) is 0 Å². The maximum absolute atomic E-state index is 10.4. The fourth-order valence-corrected chi connectivity index (χ4v) is 1.03. The number of carbonyl (C=O) groups excluding carboxylic acids is 1. The van der Waals surface area contributed by atoms with Crippen LogP contribution in [0.5, 0.6) is 0 Å². The molecule has 12 heavy (non-hydrogen) atoms. The molecule has 2 atom stereocenters. The Balaban J connectivity index is 2.78. The maximum Gasteiger partial charge on any atom is 0.125 e. The van der Waals surface area contributed by atoms with Crippen molar-refractivity contribution in [2.24, 2.45) is 5.92 Å². The molecular weight excluding hydrogens is 152 g/mol. The van der Waals surface area contributed by atoms with Gasteiger partial charge >= 0.3 is 0 Å². The van der Waals surface area contributed by atoms with Crippen molar-refractivity contribution >= 4 is 6.29 Å². The topological polar surface area (TPSA) is 37.3 Å². The van der Waals surface area contributed by atoms with Crippen molar-refractivity contribution in [3.8, 4) is 0 Å². The molecular formula is C10H12O2. The second-order valence-corrected chi connectivity index (χ2v) is 2.85. The standard InChI is InChI=1S/C10H12O2/c1-8(7-11)10(12)9-5-3-2-4-6-9/h2-8,10,12H,1H3/t8-,10+/m0/s1. The number of hydrogen-bond acceptors (Lipinski definition) is 2. The van der Waals surface area contributed by atoms with Gasteiger partial charge in [0.25, 0.3) is 0 Å². The molecule has 0 aliphatic rings. The van der Waals surface area contributed by atoms with Gasteiger partial charge in [-0.25, -0.2) is 0 Å². The van der Waals surface area contributed by atoms with Gasteiger partial charge in [-0.05, 0) is 5.56 Å². The fraction of sp³-hybridized carbons (Fsp3) is 0.300. The minimum Gasteiger partial charge on any atom is -0.388 e. The predicted octanol–water partition coefficient (Wildman–Crippen LogP) is 1.55. The molecule has 1 rings (SSSR count). The molecule has 0 aliphatic heterocycles. The number of aldehydes is 1. The van der Waals surface area contributed by atoms with Gasteiger partial charge < -0.3 is 9.90 Å². The average molecular weight is 164 g/mol. The molecule has 1 aromatic rings. The summed E-state index contributed by atoms with van der Waals surface area (Å²) in [6, 6.07) is 9.18. The molecule has 0 amide bonds. The van der Waals surface area contributed by atoms with E-state index in [1.807, 2.05) is 30.3 Å². The number of carbonyl (C=O) groups is 1. The van der Waals surface area contributed by atoms with Crippen LogP contribution in [0, 0.1) is 5.92 Å². The highest BCUT2D eigenvalue weighted by Crippen LogP contribution is 2.19. The van der Waals surface area contributed by atoms with Crippen LogP contribution in [0.3, 0.4) is 0 Å². The summed E-state index contributed by atoms with van der Waals surface area (Å²) in [4.78, 5) is 10.4. The van der Waals surface area contributed by atoms with Crippen molar-refractivity contribution < 1.29 is 9.90 Å². The van der Waals surface area contributed by atoms with Gasteiger partial charge in [0.15, 0.2) is 0 Å². The Morgan fingerprint density at radius 2 is 1.92 bits per heavy atom. The number of benzene rings is 1. The Labute approximate surface area is 71.8 Å². The van der Waals surface area contributed by atoms with Gasteiger partial charge in [0.05, 0.1) is 6.10 Å². The van der Waals surface area contributed by atoms with Crippen molar-refractivity contribution in [3.63, 3.8) is 0 Å². The van der Waals surface area contributed by atoms with E-state index >= 15 is 0 Å². The van der Waals surface area contributed by atoms with E-state index < -0.39 is 6.10 Å². The van der Waals surface area contributed by atoms with Crippen LogP contribution in [0.2, 0.25) is 0 Å². The van der Waals surface area contributed by atoms with Crippen molar-refractivity contribution in [1.82, 2.24) is 0 Å². The SMILES string of the molecule is C[C@@H](C=O)[C@@H](O)c1ccccc1. The molecule has 0 saturated carbocycles. The van der Waals surface area contributed by atoms with Crippen LogP contribution >= 0.6 is 0 Å². The van der Waals surface area contributed by atoms with Crippen LogP contribution < -0.4 is 0 Å². The van der Waals surface area contributed by atoms with Crippen molar-refractivity contribution in [1.29, 1.82) is 0 Å². The minimum absolute atomic E-state index is 0.340. The molecule has 0 fully saturated rings. The lowest BCUT2D eigenvalue weighted by Gasteiger charge is -2.12. The second kappa shape index (κ2) is 4.02. The van der Waals surface area contributed by atoms with E-state index in [-0.39, 0.29) is 5.92 Å². The van der Waals surface area contributed by atoms with E-state index in [2.05, 4.69) is 0 Å². The third-order valence-corrected chi connectivity index (χ3v) is 1.85. The molecule has 2 nitrogen and oxygen atoms in total. The van der Waals surface area contributed by atoms with Crippen LogP contribution in [0.1, 0.15) is 18.6 Å². The molecule has 2 heteroatoms. The summed E-state index contributed by atoms with van der Waals surface area (Å²) in [5, 5.41) is 9.56. The smallest absolute Gasteiger partial charge is 0.125 e. The van der Waals surface area contributed by atoms with Crippen LogP contribution in [-0.4, -0.2) is 11.4 Å².